The van der Waals surface area contributed by atoms with E-state index in [4.69, 9.17) is 16.3 Å². The van der Waals surface area contributed by atoms with Crippen molar-refractivity contribution in [3.8, 4) is 5.75 Å². The Balaban J connectivity index is 1.67. The molecule has 1 aliphatic rings. The van der Waals surface area contributed by atoms with Gasteiger partial charge in [-0.3, -0.25) is 14.2 Å². The number of hydrogen-bond donors (Lipinski definition) is 1. The molecule has 3 aromatic carbocycles. The lowest BCUT2D eigenvalue weighted by atomic mass is 9.95. The third-order valence-corrected chi connectivity index (χ3v) is 7.32. The van der Waals surface area contributed by atoms with E-state index in [0.29, 0.717) is 43.7 Å². The molecule has 1 amide bonds. The molecule has 0 fully saturated rings. The number of halogens is 1. The van der Waals surface area contributed by atoms with Crippen LogP contribution in [0.2, 0.25) is 5.02 Å². The van der Waals surface area contributed by atoms with E-state index >= 15 is 0 Å². The minimum atomic E-state index is -0.663. The number of ether oxygens (including phenoxy) is 1. The van der Waals surface area contributed by atoms with E-state index in [0.717, 1.165) is 11.1 Å². The number of allylic oxidation sites excluding steroid dienone is 1. The Kier molecular flexibility index (Phi) is 7.08. The van der Waals surface area contributed by atoms with Gasteiger partial charge >= 0.3 is 0 Å². The number of benzene rings is 3. The number of hydrogen-bond acceptors (Lipinski definition) is 5. The molecule has 1 atom stereocenters. The summed E-state index contributed by atoms with van der Waals surface area (Å²) in [7, 11) is 0. The van der Waals surface area contributed by atoms with Gasteiger partial charge in [0.1, 0.15) is 5.75 Å². The van der Waals surface area contributed by atoms with Gasteiger partial charge in [0.2, 0.25) is 0 Å². The maximum Gasteiger partial charge on any atom is 0.271 e. The largest absolute Gasteiger partial charge is 0.494 e. The van der Waals surface area contributed by atoms with E-state index in [2.05, 4.69) is 10.3 Å². The highest BCUT2D eigenvalue weighted by molar-refractivity contribution is 7.07. The number of nitrogens with zero attached hydrogens (tertiary/aromatic N) is 2. The fourth-order valence-electron chi connectivity index (χ4n) is 4.29. The normalized spacial score (nSPS) is 15.2. The van der Waals surface area contributed by atoms with Gasteiger partial charge in [0.15, 0.2) is 4.80 Å². The summed E-state index contributed by atoms with van der Waals surface area (Å²) in [4.78, 5) is 32.6. The van der Waals surface area contributed by atoms with Crippen molar-refractivity contribution in [2.45, 2.75) is 19.9 Å². The molecule has 8 heteroatoms. The number of carbonyl (C=O) groups excluding carboxylic acids is 1. The number of fused-ring (bicyclic) bond motifs is 1. The molecule has 2 heterocycles. The zero-order valence-corrected chi connectivity index (χ0v) is 21.8. The summed E-state index contributed by atoms with van der Waals surface area (Å²) in [5.41, 5.74) is 2.91. The van der Waals surface area contributed by atoms with Crippen LogP contribution in [0.25, 0.3) is 6.08 Å². The minimum Gasteiger partial charge on any atom is -0.494 e. The predicted octanol–water partition coefficient (Wildman–Crippen LogP) is 4.93. The molecule has 0 saturated heterocycles. The molecule has 1 N–H and O–H groups in total. The number of anilines is 1. The summed E-state index contributed by atoms with van der Waals surface area (Å²) in [5.74, 6) is 0.403. The zero-order valence-electron chi connectivity index (χ0n) is 20.3. The highest BCUT2D eigenvalue weighted by atomic mass is 35.5. The van der Waals surface area contributed by atoms with Gasteiger partial charge in [-0.15, -0.1) is 0 Å². The van der Waals surface area contributed by atoms with Crippen LogP contribution >= 0.6 is 22.9 Å². The van der Waals surface area contributed by atoms with E-state index < -0.39 is 6.04 Å². The Morgan fingerprint density at radius 3 is 2.49 bits per heavy atom. The number of carbonyl (C=O) groups is 1. The van der Waals surface area contributed by atoms with Crippen LogP contribution in [0, 0.1) is 0 Å². The Hall–Kier alpha value is -3.94. The SMILES string of the molecule is CCOc1ccc([C@H]2C(C(=O)Nc3ccccc3)=C(C)N=c3s/c(=C/c4ccccc4Cl)c(=O)n32)cc1. The van der Waals surface area contributed by atoms with Crippen LogP contribution < -0.4 is 24.9 Å². The number of aromatic nitrogens is 1. The molecule has 0 bridgehead atoms. The summed E-state index contributed by atoms with van der Waals surface area (Å²) in [5, 5.41) is 3.51. The third kappa shape index (κ3) is 5.01. The number of nitrogens with one attached hydrogen (secondary N) is 1. The van der Waals surface area contributed by atoms with Crippen LogP contribution in [-0.4, -0.2) is 17.1 Å². The molecule has 0 aliphatic carbocycles. The standard InChI is InChI=1S/C29H24ClN3O3S/c1-3-36-22-15-13-19(14-16-22)26-25(27(34)32-21-10-5-4-6-11-21)18(2)31-29-33(26)28(35)24(37-29)17-20-9-7-8-12-23(20)30/h4-17,26H,3H2,1-2H3,(H,32,34)/b24-17+/t26-/m0/s1. The second-order valence-corrected chi connectivity index (χ2v) is 9.84. The Bertz CT molecular complexity index is 1670. The van der Waals surface area contributed by atoms with Gasteiger partial charge in [0, 0.05) is 10.7 Å². The van der Waals surface area contributed by atoms with Crippen molar-refractivity contribution in [2.24, 2.45) is 4.99 Å². The first kappa shape index (κ1) is 24.7. The first-order valence-electron chi connectivity index (χ1n) is 11.8. The van der Waals surface area contributed by atoms with Crippen molar-refractivity contribution >= 4 is 40.6 Å². The highest BCUT2D eigenvalue weighted by Gasteiger charge is 2.32. The van der Waals surface area contributed by atoms with Gasteiger partial charge in [0.25, 0.3) is 11.5 Å². The highest BCUT2D eigenvalue weighted by Crippen LogP contribution is 2.31. The topological polar surface area (TPSA) is 72.7 Å². The molecule has 0 saturated carbocycles. The monoisotopic (exact) mass is 529 g/mol. The van der Waals surface area contributed by atoms with Crippen LogP contribution in [-0.2, 0) is 4.79 Å². The fraction of sp³-hybridized carbons (Fsp3) is 0.138. The molecule has 0 radical (unpaired) electrons. The van der Waals surface area contributed by atoms with Crippen molar-refractivity contribution in [1.82, 2.24) is 4.57 Å². The average molecular weight is 530 g/mol. The quantitative estimate of drug-likeness (QED) is 0.385. The maximum absolute atomic E-state index is 13.8. The number of amides is 1. The Labute approximate surface area is 222 Å². The predicted molar refractivity (Wildman–Crippen MR) is 148 cm³/mol. The van der Waals surface area contributed by atoms with Crippen LogP contribution in [0.1, 0.15) is 31.0 Å². The van der Waals surface area contributed by atoms with E-state index in [-0.39, 0.29) is 11.5 Å². The molecule has 5 rings (SSSR count). The van der Waals surface area contributed by atoms with Crippen LogP contribution in [0.3, 0.4) is 0 Å². The average Bonchev–Trinajstić information content (AvgIpc) is 3.20. The second kappa shape index (κ2) is 10.6. The lowest BCUT2D eigenvalue weighted by molar-refractivity contribution is -0.113. The smallest absolute Gasteiger partial charge is 0.271 e. The molecule has 0 unspecified atom stereocenters. The van der Waals surface area contributed by atoms with Crippen molar-refractivity contribution in [3.05, 3.63) is 126 Å². The van der Waals surface area contributed by atoms with Gasteiger partial charge in [-0.2, -0.15) is 0 Å². The molecule has 37 heavy (non-hydrogen) atoms. The second-order valence-electron chi connectivity index (χ2n) is 8.43. The van der Waals surface area contributed by atoms with Crippen LogP contribution in [0.5, 0.6) is 5.75 Å². The zero-order chi connectivity index (χ0) is 25.9. The number of rotatable bonds is 6. The van der Waals surface area contributed by atoms with Crippen molar-refractivity contribution in [2.75, 3.05) is 11.9 Å². The minimum absolute atomic E-state index is 0.236. The molecule has 186 valence electrons. The lowest BCUT2D eigenvalue weighted by Crippen LogP contribution is -2.40. The Morgan fingerprint density at radius 1 is 1.08 bits per heavy atom. The molecular formula is C29H24ClN3O3S. The first-order valence-corrected chi connectivity index (χ1v) is 13.0. The van der Waals surface area contributed by atoms with Gasteiger partial charge < -0.3 is 10.1 Å². The molecule has 6 nitrogen and oxygen atoms in total. The summed E-state index contributed by atoms with van der Waals surface area (Å²) in [6, 6.07) is 23.4. The van der Waals surface area contributed by atoms with Gasteiger partial charge in [-0.05, 0) is 61.4 Å². The number of thiazole rings is 1. The lowest BCUT2D eigenvalue weighted by Gasteiger charge is -2.25. The molecule has 0 spiro atoms. The first-order chi connectivity index (χ1) is 18.0. The molecule has 4 aromatic rings. The van der Waals surface area contributed by atoms with E-state index in [1.165, 1.54) is 11.3 Å². The molecule has 1 aliphatic heterocycles. The van der Waals surface area contributed by atoms with Crippen molar-refractivity contribution in [1.29, 1.82) is 0 Å². The van der Waals surface area contributed by atoms with E-state index in [1.807, 2.05) is 79.7 Å². The maximum atomic E-state index is 13.8. The Morgan fingerprint density at radius 2 is 1.78 bits per heavy atom. The molecular weight excluding hydrogens is 506 g/mol. The third-order valence-electron chi connectivity index (χ3n) is 6.00. The van der Waals surface area contributed by atoms with Crippen molar-refractivity contribution in [3.63, 3.8) is 0 Å². The van der Waals surface area contributed by atoms with Gasteiger partial charge in [-0.1, -0.05) is 71.5 Å². The summed E-state index contributed by atoms with van der Waals surface area (Å²) < 4.78 is 7.68. The van der Waals surface area contributed by atoms with E-state index in [9.17, 15) is 9.59 Å². The summed E-state index contributed by atoms with van der Waals surface area (Å²) in [6.07, 6.45) is 1.77. The summed E-state index contributed by atoms with van der Waals surface area (Å²) >= 11 is 7.63. The summed E-state index contributed by atoms with van der Waals surface area (Å²) in [6.45, 7) is 4.26. The fourth-order valence-corrected chi connectivity index (χ4v) is 5.52. The van der Waals surface area contributed by atoms with E-state index in [1.54, 1.807) is 23.6 Å². The van der Waals surface area contributed by atoms with Crippen LogP contribution in [0.15, 0.2) is 99.9 Å². The van der Waals surface area contributed by atoms with Gasteiger partial charge in [0.05, 0.1) is 28.5 Å². The van der Waals surface area contributed by atoms with Gasteiger partial charge in [-0.25, -0.2) is 4.99 Å². The number of para-hydroxylation sites is 1. The molecule has 1 aromatic heterocycles. The van der Waals surface area contributed by atoms with Crippen molar-refractivity contribution < 1.29 is 9.53 Å². The van der Waals surface area contributed by atoms with Crippen LogP contribution in [0.4, 0.5) is 5.69 Å².